The third-order valence-electron chi connectivity index (χ3n) is 3.61. The van der Waals surface area contributed by atoms with E-state index in [0.29, 0.717) is 11.8 Å². The van der Waals surface area contributed by atoms with Gasteiger partial charge in [-0.25, -0.2) is 13.6 Å². The van der Waals surface area contributed by atoms with Gasteiger partial charge < -0.3 is 25.6 Å². The number of aliphatic carboxylic acids is 1. The molecule has 2 rings (SSSR count). The molecule has 1 amide bonds. The van der Waals surface area contributed by atoms with Crippen LogP contribution in [0.3, 0.4) is 0 Å². The predicted octanol–water partition coefficient (Wildman–Crippen LogP) is 2.32. The summed E-state index contributed by atoms with van der Waals surface area (Å²) >= 11 is 0. The molecule has 138 valence electrons. The van der Waals surface area contributed by atoms with Gasteiger partial charge in [0.15, 0.2) is 17.5 Å². The average molecular weight is 366 g/mol. The van der Waals surface area contributed by atoms with Crippen LogP contribution in [0.5, 0.6) is 11.5 Å². The average Bonchev–Trinajstić information content (AvgIpc) is 2.59. The molecule has 1 unspecified atom stereocenters. The number of benzene rings is 2. The predicted molar refractivity (Wildman–Crippen MR) is 88.4 cm³/mol. The molecule has 26 heavy (non-hydrogen) atoms. The number of carbonyl (C=O) groups is 2. The molecule has 0 bridgehead atoms. The third-order valence-corrected chi connectivity index (χ3v) is 3.61. The Balaban J connectivity index is 2.46. The highest BCUT2D eigenvalue weighted by Gasteiger charge is 2.24. The lowest BCUT2D eigenvalue weighted by Gasteiger charge is -2.19. The van der Waals surface area contributed by atoms with Crippen molar-refractivity contribution in [3.8, 4) is 11.5 Å². The SMILES string of the molecule is COc1ccc(C(Nc2cc(C(N)=O)c(F)cc2F)C(=O)O)cc1OC. The maximum absolute atomic E-state index is 14.0. The van der Waals surface area contributed by atoms with Gasteiger partial charge >= 0.3 is 5.97 Å². The first-order chi connectivity index (χ1) is 12.3. The number of carbonyl (C=O) groups excluding carboxylic acids is 1. The van der Waals surface area contributed by atoms with E-state index >= 15 is 0 Å². The van der Waals surface area contributed by atoms with E-state index in [9.17, 15) is 23.5 Å². The van der Waals surface area contributed by atoms with Crippen molar-refractivity contribution >= 4 is 17.6 Å². The third kappa shape index (κ3) is 3.82. The van der Waals surface area contributed by atoms with Crippen molar-refractivity contribution in [2.45, 2.75) is 6.04 Å². The smallest absolute Gasteiger partial charge is 0.330 e. The summed E-state index contributed by atoms with van der Waals surface area (Å²) in [5.74, 6) is -4.00. The zero-order valence-corrected chi connectivity index (χ0v) is 13.9. The van der Waals surface area contributed by atoms with E-state index in [0.717, 1.165) is 6.07 Å². The summed E-state index contributed by atoms with van der Waals surface area (Å²) in [5, 5.41) is 11.9. The van der Waals surface area contributed by atoms with Gasteiger partial charge in [0.25, 0.3) is 5.91 Å². The minimum Gasteiger partial charge on any atom is -0.493 e. The standard InChI is InChI=1S/C17H16F2N2O5/c1-25-13-4-3-8(5-14(13)26-2)15(17(23)24)21-12-6-9(16(20)22)10(18)7-11(12)19/h3-7,15,21H,1-2H3,(H2,20,22)(H,23,24). The van der Waals surface area contributed by atoms with E-state index in [2.05, 4.69) is 5.32 Å². The van der Waals surface area contributed by atoms with Gasteiger partial charge in [-0.05, 0) is 23.8 Å². The van der Waals surface area contributed by atoms with Crippen molar-refractivity contribution < 1.29 is 33.0 Å². The molecule has 0 spiro atoms. The molecule has 0 aliphatic heterocycles. The molecule has 9 heteroatoms. The molecule has 2 aromatic rings. The number of amides is 1. The first-order valence-electron chi connectivity index (χ1n) is 7.28. The van der Waals surface area contributed by atoms with E-state index in [4.69, 9.17) is 15.2 Å². The number of methoxy groups -OCH3 is 2. The van der Waals surface area contributed by atoms with Crippen molar-refractivity contribution in [2.24, 2.45) is 5.73 Å². The number of anilines is 1. The molecule has 0 aromatic heterocycles. The summed E-state index contributed by atoms with van der Waals surface area (Å²) in [4.78, 5) is 22.8. The molecule has 0 aliphatic rings. The van der Waals surface area contributed by atoms with Gasteiger partial charge in [-0.15, -0.1) is 0 Å². The van der Waals surface area contributed by atoms with Crippen LogP contribution >= 0.6 is 0 Å². The number of hydrogen-bond acceptors (Lipinski definition) is 5. The van der Waals surface area contributed by atoms with E-state index in [-0.39, 0.29) is 17.0 Å². The number of halogens is 2. The Morgan fingerprint density at radius 3 is 2.27 bits per heavy atom. The fourth-order valence-electron chi connectivity index (χ4n) is 2.32. The summed E-state index contributed by atoms with van der Waals surface area (Å²) < 4.78 is 37.8. The summed E-state index contributed by atoms with van der Waals surface area (Å²) in [7, 11) is 2.80. The number of rotatable bonds is 7. The summed E-state index contributed by atoms with van der Waals surface area (Å²) in [6, 6.07) is 4.21. The molecular weight excluding hydrogens is 350 g/mol. The van der Waals surface area contributed by atoms with Gasteiger partial charge in [-0.2, -0.15) is 0 Å². The Bertz CT molecular complexity index is 857. The maximum Gasteiger partial charge on any atom is 0.330 e. The van der Waals surface area contributed by atoms with Crippen molar-refractivity contribution in [3.05, 3.63) is 53.1 Å². The molecule has 0 aliphatic carbocycles. The van der Waals surface area contributed by atoms with E-state index in [1.54, 1.807) is 0 Å². The highest BCUT2D eigenvalue weighted by atomic mass is 19.1. The molecule has 0 heterocycles. The van der Waals surface area contributed by atoms with Crippen LogP contribution in [0.25, 0.3) is 0 Å². The Hall–Kier alpha value is -3.36. The van der Waals surface area contributed by atoms with Crippen molar-refractivity contribution in [1.82, 2.24) is 0 Å². The van der Waals surface area contributed by atoms with Gasteiger partial charge in [-0.3, -0.25) is 4.79 Å². The quantitative estimate of drug-likeness (QED) is 0.694. The summed E-state index contributed by atoms with van der Waals surface area (Å²) in [6.45, 7) is 0. The van der Waals surface area contributed by atoms with Crippen LogP contribution < -0.4 is 20.5 Å². The monoisotopic (exact) mass is 366 g/mol. The largest absolute Gasteiger partial charge is 0.493 e. The number of hydrogen-bond donors (Lipinski definition) is 3. The topological polar surface area (TPSA) is 111 Å². The normalized spacial score (nSPS) is 11.5. The lowest BCUT2D eigenvalue weighted by molar-refractivity contribution is -0.138. The van der Waals surface area contributed by atoms with Crippen LogP contribution in [0.2, 0.25) is 0 Å². The van der Waals surface area contributed by atoms with Crippen LogP contribution in [0, 0.1) is 11.6 Å². The molecule has 2 aromatic carbocycles. The van der Waals surface area contributed by atoms with Crippen molar-refractivity contribution in [1.29, 1.82) is 0 Å². The molecule has 0 fully saturated rings. The number of carboxylic acids is 1. The van der Waals surface area contributed by atoms with E-state index in [1.165, 1.54) is 32.4 Å². The van der Waals surface area contributed by atoms with Crippen molar-refractivity contribution in [3.63, 3.8) is 0 Å². The first-order valence-corrected chi connectivity index (χ1v) is 7.28. The molecule has 1 atom stereocenters. The lowest BCUT2D eigenvalue weighted by Crippen LogP contribution is -2.22. The minimum absolute atomic E-state index is 0.222. The van der Waals surface area contributed by atoms with Crippen LogP contribution in [0.15, 0.2) is 30.3 Å². The van der Waals surface area contributed by atoms with E-state index < -0.39 is 35.1 Å². The summed E-state index contributed by atoms with van der Waals surface area (Å²) in [6.07, 6.45) is 0. The van der Waals surface area contributed by atoms with Crippen molar-refractivity contribution in [2.75, 3.05) is 19.5 Å². The molecule has 0 radical (unpaired) electrons. The number of nitrogens with one attached hydrogen (secondary N) is 1. The highest BCUT2D eigenvalue weighted by Crippen LogP contribution is 2.32. The Kier molecular flexibility index (Phi) is 5.61. The minimum atomic E-state index is -1.41. The Labute approximate surface area is 147 Å². The van der Waals surface area contributed by atoms with E-state index in [1.807, 2.05) is 0 Å². The second-order valence-electron chi connectivity index (χ2n) is 5.21. The summed E-state index contributed by atoms with van der Waals surface area (Å²) in [5.41, 5.74) is 4.30. The second-order valence-corrected chi connectivity index (χ2v) is 5.21. The number of carboxylic acid groups (broad SMARTS) is 1. The van der Waals surface area contributed by atoms with Crippen LogP contribution in [0.1, 0.15) is 22.0 Å². The maximum atomic E-state index is 14.0. The zero-order chi connectivity index (χ0) is 19.4. The van der Waals surface area contributed by atoms with Crippen LogP contribution in [-0.4, -0.2) is 31.2 Å². The van der Waals surface area contributed by atoms with Gasteiger partial charge in [0.2, 0.25) is 0 Å². The Morgan fingerprint density at radius 2 is 1.73 bits per heavy atom. The number of nitrogens with two attached hydrogens (primary N) is 1. The second kappa shape index (κ2) is 7.68. The fourth-order valence-corrected chi connectivity index (χ4v) is 2.32. The number of ether oxygens (including phenoxy) is 2. The fraction of sp³-hybridized carbons (Fsp3) is 0.176. The molecule has 7 nitrogen and oxygen atoms in total. The van der Waals surface area contributed by atoms with Gasteiger partial charge in [0, 0.05) is 6.07 Å². The first kappa shape index (κ1) is 19.0. The highest BCUT2D eigenvalue weighted by molar-refractivity contribution is 5.94. The van der Waals surface area contributed by atoms with Crippen LogP contribution in [-0.2, 0) is 4.79 Å². The van der Waals surface area contributed by atoms with Gasteiger partial charge in [-0.1, -0.05) is 6.07 Å². The molecule has 4 N–H and O–H groups in total. The molecular formula is C17H16F2N2O5. The molecule has 0 saturated heterocycles. The van der Waals surface area contributed by atoms with Gasteiger partial charge in [0.1, 0.15) is 11.6 Å². The zero-order valence-electron chi connectivity index (χ0n) is 13.9. The number of primary amides is 1. The van der Waals surface area contributed by atoms with Gasteiger partial charge in [0.05, 0.1) is 25.5 Å². The van der Waals surface area contributed by atoms with Crippen LogP contribution in [0.4, 0.5) is 14.5 Å². The molecule has 0 saturated carbocycles. The lowest BCUT2D eigenvalue weighted by atomic mass is 10.0. The Morgan fingerprint density at radius 1 is 1.08 bits per heavy atom.